The van der Waals surface area contributed by atoms with Crippen molar-refractivity contribution >= 4 is 34.4 Å². The van der Waals surface area contributed by atoms with Crippen LogP contribution < -0.4 is 10.2 Å². The van der Waals surface area contributed by atoms with Gasteiger partial charge in [0.25, 0.3) is 5.91 Å². The van der Waals surface area contributed by atoms with Gasteiger partial charge in [0.1, 0.15) is 5.82 Å². The first-order valence-corrected chi connectivity index (χ1v) is 10.6. The number of anilines is 1. The lowest BCUT2D eigenvalue weighted by molar-refractivity contribution is 0.0943. The Bertz CT molecular complexity index is 1070. The summed E-state index contributed by atoms with van der Waals surface area (Å²) in [5.74, 6) is 0.840. The molecule has 29 heavy (non-hydrogen) atoms. The number of halogens is 1. The molecule has 1 aliphatic heterocycles. The van der Waals surface area contributed by atoms with Crippen molar-refractivity contribution in [2.75, 3.05) is 24.5 Å². The van der Waals surface area contributed by atoms with E-state index in [0.717, 1.165) is 66.1 Å². The number of nitrogens with zero attached hydrogens (tertiary/aromatic N) is 4. The number of hydrogen-bond donors (Lipinski definition) is 1. The molecular formula is C22H26ClN5O. The number of amides is 1. The Morgan fingerprint density at radius 3 is 2.66 bits per heavy atom. The predicted octanol–water partition coefficient (Wildman–Crippen LogP) is 4.43. The third kappa shape index (κ3) is 3.57. The summed E-state index contributed by atoms with van der Waals surface area (Å²) in [6.07, 6.45) is 3.13. The summed E-state index contributed by atoms with van der Waals surface area (Å²) < 4.78 is 2.08. The molecule has 1 saturated heterocycles. The van der Waals surface area contributed by atoms with E-state index in [0.29, 0.717) is 11.6 Å². The quantitative estimate of drug-likeness (QED) is 0.674. The number of rotatable bonds is 5. The van der Waals surface area contributed by atoms with Crippen molar-refractivity contribution in [1.82, 2.24) is 19.9 Å². The van der Waals surface area contributed by atoms with Gasteiger partial charge < -0.3 is 10.2 Å². The van der Waals surface area contributed by atoms with Crippen molar-refractivity contribution in [3.63, 3.8) is 0 Å². The van der Waals surface area contributed by atoms with Gasteiger partial charge in [-0.05, 0) is 56.9 Å². The molecule has 1 amide bonds. The third-order valence-corrected chi connectivity index (χ3v) is 5.78. The van der Waals surface area contributed by atoms with Gasteiger partial charge in [-0.1, -0.05) is 24.6 Å². The number of aryl methyl sites for hydroxylation is 1. The van der Waals surface area contributed by atoms with Crippen molar-refractivity contribution in [2.24, 2.45) is 0 Å². The van der Waals surface area contributed by atoms with Gasteiger partial charge in [0, 0.05) is 36.0 Å². The van der Waals surface area contributed by atoms with Crippen molar-refractivity contribution < 1.29 is 4.79 Å². The maximum Gasteiger partial charge on any atom is 0.289 e. The second-order valence-electron chi connectivity index (χ2n) is 7.55. The summed E-state index contributed by atoms with van der Waals surface area (Å²) in [5, 5.41) is 4.58. The SMILES string of the molecule is CCCNC(=O)c1nc(N2CCCC2)c2c(C)c(C)n(-c3cccc(Cl)c3)c2n1. The van der Waals surface area contributed by atoms with E-state index in [-0.39, 0.29) is 11.7 Å². The van der Waals surface area contributed by atoms with E-state index in [4.69, 9.17) is 21.6 Å². The number of carbonyl (C=O) groups excluding carboxylic acids is 1. The molecule has 152 valence electrons. The fourth-order valence-electron chi connectivity index (χ4n) is 3.95. The first-order chi connectivity index (χ1) is 14.0. The van der Waals surface area contributed by atoms with Crippen LogP contribution in [0.1, 0.15) is 48.1 Å². The minimum absolute atomic E-state index is 0.216. The molecule has 1 aromatic carbocycles. The lowest BCUT2D eigenvalue weighted by Gasteiger charge is -2.19. The normalized spacial score (nSPS) is 14.0. The van der Waals surface area contributed by atoms with Gasteiger partial charge in [-0.25, -0.2) is 9.97 Å². The first-order valence-electron chi connectivity index (χ1n) is 10.2. The van der Waals surface area contributed by atoms with Crippen LogP contribution in [-0.4, -0.2) is 40.1 Å². The maximum absolute atomic E-state index is 12.7. The maximum atomic E-state index is 12.7. The molecule has 6 nitrogen and oxygen atoms in total. The van der Waals surface area contributed by atoms with E-state index >= 15 is 0 Å². The fraction of sp³-hybridized carbons (Fsp3) is 0.409. The minimum Gasteiger partial charge on any atom is -0.356 e. The Hall–Kier alpha value is -2.60. The Kier molecular flexibility index (Phi) is 5.46. The van der Waals surface area contributed by atoms with Crippen molar-refractivity contribution in [3.8, 4) is 5.69 Å². The van der Waals surface area contributed by atoms with Crippen LogP contribution in [0.3, 0.4) is 0 Å². The van der Waals surface area contributed by atoms with Crippen molar-refractivity contribution in [2.45, 2.75) is 40.0 Å². The average Bonchev–Trinajstić information content (AvgIpc) is 3.33. The molecule has 0 saturated carbocycles. The monoisotopic (exact) mass is 411 g/mol. The molecule has 0 unspecified atom stereocenters. The van der Waals surface area contributed by atoms with Crippen LogP contribution in [-0.2, 0) is 0 Å². The molecule has 1 N–H and O–H groups in total. The molecule has 0 spiro atoms. The van der Waals surface area contributed by atoms with E-state index in [1.165, 1.54) is 0 Å². The van der Waals surface area contributed by atoms with E-state index < -0.39 is 0 Å². The number of aromatic nitrogens is 3. The van der Waals surface area contributed by atoms with Crippen LogP contribution in [0.2, 0.25) is 5.02 Å². The Morgan fingerprint density at radius 2 is 1.97 bits per heavy atom. The summed E-state index contributed by atoms with van der Waals surface area (Å²) in [4.78, 5) is 24.4. The molecule has 3 heterocycles. The molecule has 0 aliphatic carbocycles. The van der Waals surface area contributed by atoms with E-state index in [2.05, 4.69) is 28.6 Å². The van der Waals surface area contributed by atoms with Crippen LogP contribution in [0.15, 0.2) is 24.3 Å². The number of hydrogen-bond acceptors (Lipinski definition) is 4. The fourth-order valence-corrected chi connectivity index (χ4v) is 4.13. The summed E-state index contributed by atoms with van der Waals surface area (Å²) in [7, 11) is 0. The summed E-state index contributed by atoms with van der Waals surface area (Å²) in [6.45, 7) is 8.69. The Labute approximate surface area is 175 Å². The predicted molar refractivity (Wildman–Crippen MR) is 117 cm³/mol. The molecule has 0 radical (unpaired) electrons. The van der Waals surface area contributed by atoms with E-state index in [1.807, 2.05) is 31.2 Å². The standard InChI is InChI=1S/C22H26ClN5O/c1-4-10-24-22(29)19-25-20(27-11-5-6-12-27)18-14(2)15(3)28(21(18)26-19)17-9-7-8-16(23)13-17/h7-9,13H,4-6,10-12H2,1-3H3,(H,24,29). The Balaban J connectivity index is 1.98. The number of benzene rings is 1. The van der Waals surface area contributed by atoms with Crippen molar-refractivity contribution in [3.05, 3.63) is 46.4 Å². The summed E-state index contributed by atoms with van der Waals surface area (Å²) >= 11 is 6.26. The number of nitrogens with one attached hydrogen (secondary N) is 1. The van der Waals surface area contributed by atoms with Gasteiger partial charge >= 0.3 is 0 Å². The first kappa shape index (κ1) is 19.7. The molecule has 0 atom stereocenters. The zero-order chi connectivity index (χ0) is 20.5. The molecule has 3 aromatic rings. The summed E-state index contributed by atoms with van der Waals surface area (Å²) in [6, 6.07) is 7.71. The van der Waals surface area contributed by atoms with Gasteiger partial charge in [0.15, 0.2) is 5.65 Å². The molecule has 1 aliphatic rings. The van der Waals surface area contributed by atoms with E-state index in [9.17, 15) is 4.79 Å². The van der Waals surface area contributed by atoms with Crippen LogP contribution >= 0.6 is 11.6 Å². The van der Waals surface area contributed by atoms with Gasteiger partial charge in [0.05, 0.1) is 5.39 Å². The largest absolute Gasteiger partial charge is 0.356 e. The van der Waals surface area contributed by atoms with Gasteiger partial charge in [-0.2, -0.15) is 0 Å². The van der Waals surface area contributed by atoms with Gasteiger partial charge in [0.2, 0.25) is 5.82 Å². The highest BCUT2D eigenvalue weighted by molar-refractivity contribution is 6.30. The highest BCUT2D eigenvalue weighted by atomic mass is 35.5. The molecule has 2 aromatic heterocycles. The second-order valence-corrected chi connectivity index (χ2v) is 7.98. The molecule has 4 rings (SSSR count). The third-order valence-electron chi connectivity index (χ3n) is 5.55. The Morgan fingerprint density at radius 1 is 1.21 bits per heavy atom. The van der Waals surface area contributed by atoms with Crippen LogP contribution in [0.4, 0.5) is 5.82 Å². The highest BCUT2D eigenvalue weighted by Gasteiger charge is 2.26. The van der Waals surface area contributed by atoms with Crippen molar-refractivity contribution in [1.29, 1.82) is 0 Å². The molecule has 0 bridgehead atoms. The summed E-state index contributed by atoms with van der Waals surface area (Å²) in [5.41, 5.74) is 3.88. The molecular weight excluding hydrogens is 386 g/mol. The lowest BCUT2D eigenvalue weighted by Crippen LogP contribution is -2.28. The molecule has 7 heteroatoms. The minimum atomic E-state index is -0.233. The highest BCUT2D eigenvalue weighted by Crippen LogP contribution is 2.35. The smallest absolute Gasteiger partial charge is 0.289 e. The number of carbonyl (C=O) groups is 1. The van der Waals surface area contributed by atoms with E-state index in [1.54, 1.807) is 0 Å². The second kappa shape index (κ2) is 8.03. The zero-order valence-corrected chi connectivity index (χ0v) is 17.9. The van der Waals surface area contributed by atoms with Gasteiger partial charge in [-0.15, -0.1) is 0 Å². The number of fused-ring (bicyclic) bond motifs is 1. The average molecular weight is 412 g/mol. The zero-order valence-electron chi connectivity index (χ0n) is 17.1. The van der Waals surface area contributed by atoms with Crippen LogP contribution in [0.5, 0.6) is 0 Å². The van der Waals surface area contributed by atoms with Crippen LogP contribution in [0, 0.1) is 13.8 Å². The van der Waals surface area contributed by atoms with Gasteiger partial charge in [-0.3, -0.25) is 9.36 Å². The topological polar surface area (TPSA) is 63.1 Å². The molecule has 1 fully saturated rings. The lowest BCUT2D eigenvalue weighted by atomic mass is 10.2. The van der Waals surface area contributed by atoms with Crippen LogP contribution in [0.25, 0.3) is 16.7 Å².